The number of aromatic nitrogens is 2. The van der Waals surface area contributed by atoms with Crippen LogP contribution in [0.2, 0.25) is 0 Å². The van der Waals surface area contributed by atoms with Gasteiger partial charge in [-0.1, -0.05) is 30.3 Å². The maximum absolute atomic E-state index is 14.1. The number of nitrogens with zero attached hydrogens (tertiary/aromatic N) is 3. The van der Waals surface area contributed by atoms with Crippen molar-refractivity contribution in [3.8, 4) is 6.07 Å². The number of hydrogen-bond acceptors (Lipinski definition) is 3. The smallest absolute Gasteiger partial charge is 0.264 e. The van der Waals surface area contributed by atoms with E-state index in [0.717, 1.165) is 5.56 Å². The molecular formula is C14H12FN3OS. The summed E-state index contributed by atoms with van der Waals surface area (Å²) in [6.07, 6.45) is -0.766. The topological polar surface area (TPSA) is 64.7 Å². The van der Waals surface area contributed by atoms with E-state index in [2.05, 4.69) is 5.10 Å². The fraction of sp³-hybridized carbons (Fsp3) is 0.286. The predicted octanol–water partition coefficient (Wildman–Crippen LogP) is 2.52. The van der Waals surface area contributed by atoms with Gasteiger partial charge in [0.2, 0.25) is 0 Å². The van der Waals surface area contributed by atoms with Crippen LogP contribution < -0.4 is 0 Å². The molecule has 1 aromatic carbocycles. The van der Waals surface area contributed by atoms with Gasteiger partial charge < -0.3 is 4.55 Å². The normalized spacial score (nSPS) is 22.2. The summed E-state index contributed by atoms with van der Waals surface area (Å²) in [5.41, 5.74) is 1.43. The van der Waals surface area contributed by atoms with Crippen LogP contribution in [0.3, 0.4) is 0 Å². The molecule has 0 spiro atoms. The van der Waals surface area contributed by atoms with Crippen molar-refractivity contribution in [2.45, 2.75) is 23.7 Å². The minimum absolute atomic E-state index is 0.122. The Balaban J connectivity index is 1.96. The van der Waals surface area contributed by atoms with Gasteiger partial charge in [-0.25, -0.2) is 4.39 Å². The molecule has 20 heavy (non-hydrogen) atoms. The molecule has 0 amide bonds. The number of alkyl halides is 1. The number of hydrogen-bond donors (Lipinski definition) is 0. The molecule has 0 unspecified atom stereocenters. The Morgan fingerprint density at radius 1 is 1.45 bits per heavy atom. The summed E-state index contributed by atoms with van der Waals surface area (Å²) in [7, 11) is 0. The van der Waals surface area contributed by atoms with Crippen LogP contribution in [0.5, 0.6) is 0 Å². The molecule has 0 saturated heterocycles. The van der Waals surface area contributed by atoms with E-state index in [-0.39, 0.29) is 16.8 Å². The highest BCUT2D eigenvalue weighted by Gasteiger charge is 2.35. The van der Waals surface area contributed by atoms with Crippen molar-refractivity contribution in [1.29, 1.82) is 5.26 Å². The summed E-state index contributed by atoms with van der Waals surface area (Å²) in [4.78, 5) is 0. The molecule has 0 aliphatic carbocycles. The molecule has 2 heterocycles. The van der Waals surface area contributed by atoms with E-state index in [4.69, 9.17) is 5.26 Å². The van der Waals surface area contributed by atoms with E-state index in [1.165, 1.54) is 6.07 Å². The quantitative estimate of drug-likeness (QED) is 0.815. The Morgan fingerprint density at radius 3 is 2.90 bits per heavy atom. The SMILES string of the molecule is N#CC[S@+]([O-])c1cc2n(n1)[C@H](c1ccccc1)C[C@@H]2F. The Kier molecular flexibility index (Phi) is 3.47. The van der Waals surface area contributed by atoms with Gasteiger partial charge in [0.15, 0.2) is 5.75 Å². The standard InChI is InChI=1S/C14H12FN3OS/c15-11-8-12(10-4-2-1-3-5-10)18-13(11)9-14(17-18)20(19)7-6-16/h1-5,9,11-12H,7-8H2/t11-,12-,20-/m0/s1. The molecule has 1 aliphatic rings. The Labute approximate surface area is 119 Å². The zero-order chi connectivity index (χ0) is 14.1. The van der Waals surface area contributed by atoms with Gasteiger partial charge in [-0.15, -0.1) is 5.10 Å². The van der Waals surface area contributed by atoms with E-state index in [1.54, 1.807) is 4.68 Å². The van der Waals surface area contributed by atoms with Crippen LogP contribution in [0.15, 0.2) is 41.4 Å². The Bertz CT molecular complexity index is 652. The first-order valence-corrected chi connectivity index (χ1v) is 7.56. The van der Waals surface area contributed by atoms with Gasteiger partial charge in [-0.05, 0) is 5.56 Å². The molecule has 0 saturated carbocycles. The molecule has 3 atom stereocenters. The molecule has 102 valence electrons. The summed E-state index contributed by atoms with van der Waals surface area (Å²) >= 11 is -1.49. The molecular weight excluding hydrogens is 277 g/mol. The van der Waals surface area contributed by atoms with Crippen LogP contribution in [-0.2, 0) is 11.2 Å². The average Bonchev–Trinajstić information content (AvgIpc) is 3.01. The summed E-state index contributed by atoms with van der Waals surface area (Å²) in [5.74, 6) is -0.122. The van der Waals surface area contributed by atoms with Crippen LogP contribution in [0.4, 0.5) is 4.39 Å². The number of halogens is 1. The third-order valence-corrected chi connectivity index (χ3v) is 4.46. The Hall–Kier alpha value is -1.84. The number of rotatable bonds is 3. The lowest BCUT2D eigenvalue weighted by Gasteiger charge is -2.12. The molecule has 4 nitrogen and oxygen atoms in total. The van der Waals surface area contributed by atoms with Gasteiger partial charge in [0.05, 0.1) is 11.7 Å². The van der Waals surface area contributed by atoms with Crippen molar-refractivity contribution in [2.24, 2.45) is 0 Å². The molecule has 1 aromatic heterocycles. The molecule has 1 aliphatic heterocycles. The second kappa shape index (κ2) is 5.27. The highest BCUT2D eigenvalue weighted by Crippen LogP contribution is 2.41. The first kappa shape index (κ1) is 13.2. The second-order valence-electron chi connectivity index (χ2n) is 4.63. The molecule has 0 N–H and O–H groups in total. The number of benzene rings is 1. The van der Waals surface area contributed by atoms with Crippen LogP contribution in [0.1, 0.15) is 29.9 Å². The van der Waals surface area contributed by atoms with Gasteiger partial charge in [-0.2, -0.15) is 5.26 Å². The predicted molar refractivity (Wildman–Crippen MR) is 72.2 cm³/mol. The van der Waals surface area contributed by atoms with E-state index < -0.39 is 17.3 Å². The van der Waals surface area contributed by atoms with E-state index >= 15 is 0 Å². The monoisotopic (exact) mass is 289 g/mol. The fourth-order valence-electron chi connectivity index (χ4n) is 2.48. The highest BCUT2D eigenvalue weighted by molar-refractivity contribution is 7.91. The van der Waals surface area contributed by atoms with Crippen LogP contribution in [0.25, 0.3) is 0 Å². The van der Waals surface area contributed by atoms with Crippen molar-refractivity contribution < 1.29 is 8.94 Å². The molecule has 6 heteroatoms. The lowest BCUT2D eigenvalue weighted by Crippen LogP contribution is -2.11. The summed E-state index contributed by atoms with van der Waals surface area (Å²) in [6.45, 7) is 0. The molecule has 3 rings (SSSR count). The summed E-state index contributed by atoms with van der Waals surface area (Å²) < 4.78 is 27.5. The molecule has 0 fully saturated rings. The lowest BCUT2D eigenvalue weighted by atomic mass is 10.0. The molecule has 0 bridgehead atoms. The highest BCUT2D eigenvalue weighted by atomic mass is 32.2. The van der Waals surface area contributed by atoms with E-state index in [1.807, 2.05) is 36.4 Å². The zero-order valence-corrected chi connectivity index (χ0v) is 11.4. The first-order valence-electron chi connectivity index (χ1n) is 6.24. The van der Waals surface area contributed by atoms with Crippen molar-refractivity contribution in [1.82, 2.24) is 9.78 Å². The lowest BCUT2D eigenvalue weighted by molar-refractivity contribution is 0.333. The average molecular weight is 289 g/mol. The second-order valence-corrected chi connectivity index (χ2v) is 6.03. The van der Waals surface area contributed by atoms with Gasteiger partial charge >= 0.3 is 0 Å². The third kappa shape index (κ3) is 2.19. The zero-order valence-electron chi connectivity index (χ0n) is 10.6. The maximum Gasteiger partial charge on any atom is 0.264 e. The minimum Gasteiger partial charge on any atom is -0.609 e. The molecule has 0 radical (unpaired) electrons. The van der Waals surface area contributed by atoms with Crippen molar-refractivity contribution in [3.63, 3.8) is 0 Å². The van der Waals surface area contributed by atoms with Gasteiger partial charge in [0, 0.05) is 23.7 Å². The molecule has 2 aromatic rings. The van der Waals surface area contributed by atoms with Crippen LogP contribution in [-0.4, -0.2) is 20.1 Å². The summed E-state index contributed by atoms with van der Waals surface area (Å²) in [6, 6.07) is 12.8. The largest absolute Gasteiger partial charge is 0.609 e. The Morgan fingerprint density at radius 2 is 2.20 bits per heavy atom. The number of fused-ring (bicyclic) bond motifs is 1. The van der Waals surface area contributed by atoms with Crippen LogP contribution >= 0.6 is 0 Å². The van der Waals surface area contributed by atoms with Gasteiger partial charge in [0.25, 0.3) is 5.03 Å². The van der Waals surface area contributed by atoms with E-state index in [9.17, 15) is 8.94 Å². The minimum atomic E-state index is -1.49. The third-order valence-electron chi connectivity index (χ3n) is 3.40. The van der Waals surface area contributed by atoms with Gasteiger partial charge in [0.1, 0.15) is 12.2 Å². The first-order chi connectivity index (χ1) is 9.70. The van der Waals surface area contributed by atoms with Crippen LogP contribution in [0, 0.1) is 11.3 Å². The number of nitriles is 1. The van der Waals surface area contributed by atoms with Crippen molar-refractivity contribution >= 4 is 11.2 Å². The fourth-order valence-corrected chi connectivity index (χ4v) is 3.18. The van der Waals surface area contributed by atoms with Crippen molar-refractivity contribution in [2.75, 3.05) is 5.75 Å². The van der Waals surface area contributed by atoms with E-state index in [0.29, 0.717) is 12.1 Å². The van der Waals surface area contributed by atoms with Gasteiger partial charge in [-0.3, -0.25) is 4.68 Å². The van der Waals surface area contributed by atoms with Crippen molar-refractivity contribution in [3.05, 3.63) is 47.7 Å². The summed E-state index contributed by atoms with van der Waals surface area (Å²) in [5, 5.41) is 13.1. The maximum atomic E-state index is 14.1.